The van der Waals surface area contributed by atoms with Gasteiger partial charge in [-0.25, -0.2) is 14.4 Å². The van der Waals surface area contributed by atoms with Crippen molar-refractivity contribution in [3.05, 3.63) is 71.8 Å². The van der Waals surface area contributed by atoms with Crippen molar-refractivity contribution in [1.29, 1.82) is 0 Å². The molecule has 8 nitrogen and oxygen atoms in total. The molecule has 1 amide bonds. The van der Waals surface area contributed by atoms with Crippen LogP contribution in [0.4, 0.5) is 9.59 Å². The first-order valence-electron chi connectivity index (χ1n) is 8.78. The summed E-state index contributed by atoms with van der Waals surface area (Å²) in [7, 11) is 0. The standard InChI is InChI=1S/C20H18Cl3NO7/c21-20(22,23)13-30-18(28)31-19(16(25)26,11-14-7-3-1-4-8-14)24-17(27)29-12-15-9-5-2-6-10-15/h1-10H,11-13H2,(H,24,27)(H,25,26). The molecule has 2 rings (SSSR count). The summed E-state index contributed by atoms with van der Waals surface area (Å²) in [4.78, 5) is 36.5. The Hall–Kier alpha value is -2.68. The molecule has 0 saturated heterocycles. The van der Waals surface area contributed by atoms with Gasteiger partial charge in [-0.3, -0.25) is 5.32 Å². The molecule has 0 aromatic heterocycles. The van der Waals surface area contributed by atoms with E-state index < -0.39 is 40.8 Å². The number of aliphatic carboxylic acids is 1. The zero-order valence-electron chi connectivity index (χ0n) is 15.9. The first-order chi connectivity index (χ1) is 14.6. The summed E-state index contributed by atoms with van der Waals surface area (Å²) in [6.45, 7) is -0.832. The minimum Gasteiger partial charge on any atom is -0.477 e. The molecule has 2 N–H and O–H groups in total. The van der Waals surface area contributed by atoms with Gasteiger partial charge in [0.2, 0.25) is 3.79 Å². The fourth-order valence-electron chi connectivity index (χ4n) is 2.40. The van der Waals surface area contributed by atoms with Crippen LogP contribution in [0.5, 0.6) is 0 Å². The number of hydrogen-bond donors (Lipinski definition) is 2. The lowest BCUT2D eigenvalue weighted by atomic mass is 10.0. The van der Waals surface area contributed by atoms with Gasteiger partial charge in [0, 0.05) is 6.42 Å². The van der Waals surface area contributed by atoms with E-state index in [1.165, 1.54) is 0 Å². The lowest BCUT2D eigenvalue weighted by Gasteiger charge is -2.29. The lowest BCUT2D eigenvalue weighted by Crippen LogP contribution is -2.59. The van der Waals surface area contributed by atoms with Crippen LogP contribution in [0.2, 0.25) is 0 Å². The topological polar surface area (TPSA) is 111 Å². The van der Waals surface area contributed by atoms with Crippen molar-refractivity contribution in [3.63, 3.8) is 0 Å². The van der Waals surface area contributed by atoms with Crippen LogP contribution in [0.1, 0.15) is 11.1 Å². The summed E-state index contributed by atoms with van der Waals surface area (Å²) in [5.41, 5.74) is -1.42. The Morgan fingerprint density at radius 2 is 1.42 bits per heavy atom. The molecular formula is C20H18Cl3NO7. The molecule has 0 bridgehead atoms. The molecular weight excluding hydrogens is 473 g/mol. The average Bonchev–Trinajstić information content (AvgIpc) is 2.71. The van der Waals surface area contributed by atoms with Gasteiger partial charge in [-0.1, -0.05) is 95.5 Å². The van der Waals surface area contributed by atoms with E-state index in [1.54, 1.807) is 60.7 Å². The Balaban J connectivity index is 2.18. The Morgan fingerprint density at radius 3 is 1.94 bits per heavy atom. The normalized spacial score (nSPS) is 12.9. The Labute approximate surface area is 192 Å². The first kappa shape index (κ1) is 24.6. The van der Waals surface area contributed by atoms with E-state index in [4.69, 9.17) is 44.3 Å². The predicted molar refractivity (Wildman–Crippen MR) is 113 cm³/mol. The predicted octanol–water partition coefficient (Wildman–Crippen LogP) is 4.46. The number of carboxylic acids is 1. The highest BCUT2D eigenvalue weighted by molar-refractivity contribution is 6.67. The van der Waals surface area contributed by atoms with Crippen LogP contribution >= 0.6 is 34.8 Å². The minimum atomic E-state index is -2.54. The van der Waals surface area contributed by atoms with Crippen molar-refractivity contribution in [2.45, 2.75) is 22.5 Å². The van der Waals surface area contributed by atoms with Crippen molar-refractivity contribution in [3.8, 4) is 0 Å². The Bertz CT molecular complexity index is 891. The summed E-state index contributed by atoms with van der Waals surface area (Å²) < 4.78 is 12.7. The molecule has 11 heteroatoms. The van der Waals surface area contributed by atoms with Crippen LogP contribution in [-0.2, 0) is 32.0 Å². The molecule has 0 aliphatic heterocycles. The highest BCUT2D eigenvalue weighted by Crippen LogP contribution is 2.26. The van der Waals surface area contributed by atoms with Crippen LogP contribution in [0.25, 0.3) is 0 Å². The molecule has 1 atom stereocenters. The molecule has 0 aliphatic carbocycles. The summed E-state index contributed by atoms with van der Waals surface area (Å²) >= 11 is 16.5. The maximum Gasteiger partial charge on any atom is 0.511 e. The number of ether oxygens (including phenoxy) is 3. The van der Waals surface area contributed by atoms with Crippen LogP contribution in [0, 0.1) is 0 Å². The third kappa shape index (κ3) is 8.53. The molecule has 2 aromatic rings. The molecule has 2 aromatic carbocycles. The second kappa shape index (κ2) is 11.1. The molecule has 1 unspecified atom stereocenters. The van der Waals surface area contributed by atoms with Crippen molar-refractivity contribution < 1.29 is 33.7 Å². The minimum absolute atomic E-state index is 0.134. The van der Waals surface area contributed by atoms with Gasteiger partial charge in [-0.15, -0.1) is 0 Å². The number of nitrogens with one attached hydrogen (secondary N) is 1. The van der Waals surface area contributed by atoms with Gasteiger partial charge in [-0.2, -0.15) is 0 Å². The number of carbonyl (C=O) groups is 3. The van der Waals surface area contributed by atoms with Crippen LogP contribution in [0.3, 0.4) is 0 Å². The quantitative estimate of drug-likeness (QED) is 0.319. The molecule has 0 saturated carbocycles. The van der Waals surface area contributed by atoms with Gasteiger partial charge < -0.3 is 19.3 Å². The van der Waals surface area contributed by atoms with Crippen molar-refractivity contribution in [2.75, 3.05) is 6.61 Å². The number of carboxylic acid groups (broad SMARTS) is 1. The van der Waals surface area contributed by atoms with Crippen LogP contribution in [0.15, 0.2) is 60.7 Å². The number of halogens is 3. The number of benzene rings is 2. The maximum atomic E-state index is 12.3. The molecule has 0 radical (unpaired) electrons. The molecule has 166 valence electrons. The van der Waals surface area contributed by atoms with E-state index in [0.29, 0.717) is 11.1 Å². The fourth-order valence-corrected chi connectivity index (χ4v) is 2.56. The molecule has 31 heavy (non-hydrogen) atoms. The summed E-state index contributed by atoms with van der Waals surface area (Å²) in [5, 5.41) is 11.9. The Morgan fingerprint density at radius 1 is 0.871 bits per heavy atom. The van der Waals surface area contributed by atoms with Crippen LogP contribution in [-0.4, -0.2) is 39.4 Å². The molecule has 0 spiro atoms. The zero-order valence-corrected chi connectivity index (χ0v) is 18.2. The number of rotatable bonds is 8. The average molecular weight is 491 g/mol. The van der Waals surface area contributed by atoms with Crippen molar-refractivity contribution in [2.24, 2.45) is 0 Å². The number of alkyl halides is 3. The first-order valence-corrected chi connectivity index (χ1v) is 9.92. The summed E-state index contributed by atoms with van der Waals surface area (Å²) in [6.07, 6.45) is -3.02. The highest BCUT2D eigenvalue weighted by Gasteiger charge is 2.46. The highest BCUT2D eigenvalue weighted by atomic mass is 35.6. The SMILES string of the molecule is O=C(NC(Cc1ccccc1)(OC(=O)OCC(Cl)(Cl)Cl)C(=O)O)OCc1ccccc1. The van der Waals surface area contributed by atoms with Gasteiger partial charge in [0.05, 0.1) is 0 Å². The monoisotopic (exact) mass is 489 g/mol. The maximum absolute atomic E-state index is 12.3. The molecule has 0 aliphatic rings. The second-order valence-corrected chi connectivity index (χ2v) is 8.75. The van der Waals surface area contributed by atoms with E-state index in [0.717, 1.165) is 0 Å². The number of hydrogen-bond acceptors (Lipinski definition) is 6. The number of alkyl carbamates (subject to hydrolysis) is 1. The van der Waals surface area contributed by atoms with Gasteiger partial charge in [0.15, 0.2) is 0 Å². The third-order valence-corrected chi connectivity index (χ3v) is 4.10. The van der Waals surface area contributed by atoms with Gasteiger partial charge in [-0.05, 0) is 11.1 Å². The van der Waals surface area contributed by atoms with Crippen molar-refractivity contribution in [1.82, 2.24) is 5.32 Å². The third-order valence-electron chi connectivity index (χ3n) is 3.77. The van der Waals surface area contributed by atoms with Crippen LogP contribution < -0.4 is 5.32 Å². The van der Waals surface area contributed by atoms with E-state index >= 15 is 0 Å². The summed E-state index contributed by atoms with van der Waals surface area (Å²) in [6, 6.07) is 16.9. The second-order valence-electron chi connectivity index (χ2n) is 6.24. The largest absolute Gasteiger partial charge is 0.511 e. The number of amides is 1. The zero-order chi connectivity index (χ0) is 22.9. The smallest absolute Gasteiger partial charge is 0.477 e. The summed E-state index contributed by atoms with van der Waals surface area (Å²) in [5.74, 6) is -1.67. The van der Waals surface area contributed by atoms with Gasteiger partial charge in [0.25, 0.3) is 5.72 Å². The number of carbonyl (C=O) groups excluding carboxylic acids is 2. The van der Waals surface area contributed by atoms with Crippen molar-refractivity contribution >= 4 is 53.0 Å². The van der Waals surface area contributed by atoms with Gasteiger partial charge >= 0.3 is 18.2 Å². The lowest BCUT2D eigenvalue weighted by molar-refractivity contribution is -0.164. The molecule has 0 fully saturated rings. The Kier molecular flexibility index (Phi) is 8.79. The van der Waals surface area contributed by atoms with E-state index in [2.05, 4.69) is 10.1 Å². The fraction of sp³-hybridized carbons (Fsp3) is 0.250. The molecule has 0 heterocycles. The van der Waals surface area contributed by atoms with E-state index in [9.17, 15) is 19.5 Å². The van der Waals surface area contributed by atoms with Gasteiger partial charge in [0.1, 0.15) is 13.2 Å². The van der Waals surface area contributed by atoms with E-state index in [-0.39, 0.29) is 6.61 Å². The van der Waals surface area contributed by atoms with E-state index in [1.807, 2.05) is 0 Å².